The van der Waals surface area contributed by atoms with Crippen molar-refractivity contribution in [1.82, 2.24) is 0 Å². The minimum absolute atomic E-state index is 0. The number of carbonyl (C=O) groups excluding carboxylic acids is 1. The molecule has 3 aromatic rings. The number of azo groups is 1. The summed E-state index contributed by atoms with van der Waals surface area (Å²) in [7, 11) is -9.71. The Balaban J connectivity index is 0.00000272. The quantitative estimate of drug-likeness (QED) is 0.227. The van der Waals surface area contributed by atoms with Crippen LogP contribution in [0.2, 0.25) is 0 Å². The number of phenolic OH excluding ortho intramolecular Hbond substituents is 1. The number of benzene rings is 3. The molecule has 0 fully saturated rings. The molecule has 15 heteroatoms. The van der Waals surface area contributed by atoms with Crippen molar-refractivity contribution in [3.63, 3.8) is 0 Å². The van der Waals surface area contributed by atoms with E-state index in [4.69, 9.17) is 0 Å². The van der Waals surface area contributed by atoms with Crippen molar-refractivity contribution in [2.24, 2.45) is 10.2 Å². The number of nitrogens with zero attached hydrogens (tertiary/aromatic N) is 2. The van der Waals surface area contributed by atoms with Crippen molar-refractivity contribution in [2.75, 3.05) is 5.32 Å². The Morgan fingerprint density at radius 3 is 2.03 bits per heavy atom. The molecule has 0 radical (unpaired) electrons. The normalized spacial score (nSPS) is 11.6. The fourth-order valence-corrected chi connectivity index (χ4v) is 3.99. The SMILES string of the molecule is CC(=O)Nc1cc(S(=O)(=O)O)cc2cc(S(=O)(=O)O)c(/N=N/c3ccccc3)c(O)c12.[NaH].[NaH]. The van der Waals surface area contributed by atoms with Gasteiger partial charge in [0.05, 0.1) is 16.3 Å². The van der Waals surface area contributed by atoms with Gasteiger partial charge >= 0.3 is 59.1 Å². The summed E-state index contributed by atoms with van der Waals surface area (Å²) in [5.74, 6) is -1.44. The number of aromatic hydroxyl groups is 1. The molecule has 3 rings (SSSR count). The van der Waals surface area contributed by atoms with Crippen LogP contribution < -0.4 is 5.32 Å². The van der Waals surface area contributed by atoms with Crippen LogP contribution in [0.15, 0.2) is 68.6 Å². The summed E-state index contributed by atoms with van der Waals surface area (Å²) in [4.78, 5) is 10.0. The molecule has 1 amide bonds. The van der Waals surface area contributed by atoms with Crippen molar-refractivity contribution < 1.29 is 35.8 Å². The summed E-state index contributed by atoms with van der Waals surface area (Å²) in [5, 5.41) is 20.2. The van der Waals surface area contributed by atoms with E-state index >= 15 is 0 Å². The van der Waals surface area contributed by atoms with Gasteiger partial charge in [-0.05, 0) is 35.7 Å². The first-order valence-electron chi connectivity index (χ1n) is 8.41. The van der Waals surface area contributed by atoms with Gasteiger partial charge in [-0.15, -0.1) is 5.11 Å². The van der Waals surface area contributed by atoms with E-state index < -0.39 is 47.4 Å². The van der Waals surface area contributed by atoms with Crippen LogP contribution in [0.1, 0.15) is 6.92 Å². The van der Waals surface area contributed by atoms with E-state index in [0.717, 1.165) is 25.1 Å². The van der Waals surface area contributed by atoms with Gasteiger partial charge in [0.1, 0.15) is 10.6 Å². The fourth-order valence-electron chi connectivity index (χ4n) is 2.79. The molecule has 0 spiro atoms. The standard InChI is InChI=1S/C18H15N3O8S2.2Na.2H/c1-10(22)19-14-9-13(30(24,25)26)7-11-8-15(31(27,28)29)17(18(23)16(11)14)21-20-12-5-3-2-4-6-12;;;;/h2-9,23H,1H3,(H,19,22)(H,24,25,26)(H,27,28,29);;;;/b21-20+;;;;. The van der Waals surface area contributed by atoms with Crippen molar-refractivity contribution in [3.05, 3.63) is 48.5 Å². The van der Waals surface area contributed by atoms with E-state index in [2.05, 4.69) is 15.5 Å². The maximum absolute atomic E-state index is 11.9. The number of phenols is 1. The average molecular weight is 513 g/mol. The van der Waals surface area contributed by atoms with E-state index in [1.807, 2.05) is 0 Å². The summed E-state index contributed by atoms with van der Waals surface area (Å²) in [6, 6.07) is 10.7. The van der Waals surface area contributed by atoms with E-state index in [1.165, 1.54) is 0 Å². The third-order valence-electron chi connectivity index (χ3n) is 4.03. The summed E-state index contributed by atoms with van der Waals surface area (Å²) in [5.41, 5.74) is -0.565. The first-order chi connectivity index (χ1) is 14.4. The minimum atomic E-state index is -4.95. The van der Waals surface area contributed by atoms with Gasteiger partial charge in [0, 0.05) is 12.3 Å². The third kappa shape index (κ3) is 7.05. The molecule has 33 heavy (non-hydrogen) atoms. The number of nitrogens with one attached hydrogen (secondary N) is 1. The molecule has 0 saturated carbocycles. The van der Waals surface area contributed by atoms with Crippen LogP contribution in [0.4, 0.5) is 17.1 Å². The Morgan fingerprint density at radius 2 is 1.52 bits per heavy atom. The molecule has 0 atom stereocenters. The van der Waals surface area contributed by atoms with Crippen molar-refractivity contribution in [1.29, 1.82) is 0 Å². The number of hydrogen-bond acceptors (Lipinski definition) is 8. The third-order valence-corrected chi connectivity index (χ3v) is 5.73. The van der Waals surface area contributed by atoms with Crippen molar-refractivity contribution in [2.45, 2.75) is 16.7 Å². The van der Waals surface area contributed by atoms with Gasteiger partial charge in [-0.3, -0.25) is 13.9 Å². The number of anilines is 1. The first-order valence-corrected chi connectivity index (χ1v) is 11.3. The van der Waals surface area contributed by atoms with Crippen LogP contribution in [-0.4, -0.2) is 96.1 Å². The zero-order valence-corrected chi connectivity index (χ0v) is 17.3. The van der Waals surface area contributed by atoms with Gasteiger partial charge in [0.15, 0.2) is 5.75 Å². The molecule has 4 N–H and O–H groups in total. The molecule has 0 bridgehead atoms. The molecule has 3 aromatic carbocycles. The molecular formula is C18H17N3Na2O8S2. The van der Waals surface area contributed by atoms with Crippen LogP contribution in [-0.2, 0) is 25.0 Å². The van der Waals surface area contributed by atoms with Gasteiger partial charge in [0.2, 0.25) is 5.91 Å². The second-order valence-corrected chi connectivity index (χ2v) is 9.12. The molecule has 0 saturated heterocycles. The number of hydrogen-bond donors (Lipinski definition) is 4. The topological polar surface area (TPSA) is 183 Å². The number of carbonyl (C=O) groups is 1. The first kappa shape index (κ1) is 29.6. The molecule has 0 unspecified atom stereocenters. The average Bonchev–Trinajstić information content (AvgIpc) is 2.65. The maximum atomic E-state index is 11.9. The van der Waals surface area contributed by atoms with Crippen LogP contribution in [0.5, 0.6) is 5.75 Å². The summed E-state index contributed by atoms with van der Waals surface area (Å²) in [6.07, 6.45) is 0. The van der Waals surface area contributed by atoms with Gasteiger partial charge in [-0.2, -0.15) is 21.9 Å². The van der Waals surface area contributed by atoms with E-state index in [1.54, 1.807) is 30.3 Å². The fraction of sp³-hybridized carbons (Fsp3) is 0.0556. The molecular weight excluding hydrogens is 496 g/mol. The van der Waals surface area contributed by atoms with Crippen LogP contribution in [0.3, 0.4) is 0 Å². The number of rotatable bonds is 5. The Bertz CT molecular complexity index is 1440. The number of fused-ring (bicyclic) bond motifs is 1. The summed E-state index contributed by atoms with van der Waals surface area (Å²) < 4.78 is 66.0. The molecule has 0 heterocycles. The van der Waals surface area contributed by atoms with E-state index in [9.17, 15) is 35.8 Å². The summed E-state index contributed by atoms with van der Waals surface area (Å²) >= 11 is 0. The Kier molecular flexibility index (Phi) is 10.2. The van der Waals surface area contributed by atoms with E-state index in [0.29, 0.717) is 5.69 Å². The Morgan fingerprint density at radius 1 is 0.909 bits per heavy atom. The monoisotopic (exact) mass is 513 g/mol. The molecule has 0 aromatic heterocycles. The second kappa shape index (κ2) is 11.4. The van der Waals surface area contributed by atoms with Crippen molar-refractivity contribution >= 4 is 113 Å². The van der Waals surface area contributed by atoms with Gasteiger partial charge in [-0.1, -0.05) is 18.2 Å². The van der Waals surface area contributed by atoms with Crippen LogP contribution in [0.25, 0.3) is 10.8 Å². The van der Waals surface area contributed by atoms with Gasteiger partial charge in [0.25, 0.3) is 20.2 Å². The van der Waals surface area contributed by atoms with Gasteiger partial charge in [-0.25, -0.2) is 0 Å². The van der Waals surface area contributed by atoms with Crippen LogP contribution >= 0.6 is 0 Å². The Labute approximate surface area is 233 Å². The van der Waals surface area contributed by atoms with Crippen molar-refractivity contribution in [3.8, 4) is 5.75 Å². The molecule has 11 nitrogen and oxygen atoms in total. The second-order valence-electron chi connectivity index (χ2n) is 6.31. The predicted octanol–water partition coefficient (Wildman–Crippen LogP) is 2.12. The van der Waals surface area contributed by atoms with E-state index in [-0.39, 0.29) is 75.6 Å². The number of amides is 1. The predicted molar refractivity (Wildman–Crippen MR) is 124 cm³/mol. The zero-order chi connectivity index (χ0) is 23.0. The van der Waals surface area contributed by atoms with Gasteiger partial charge < -0.3 is 10.4 Å². The zero-order valence-electron chi connectivity index (χ0n) is 15.7. The molecule has 0 aliphatic carbocycles. The Hall–Kier alpha value is -1.39. The molecule has 166 valence electrons. The van der Waals surface area contributed by atoms with Crippen LogP contribution in [0, 0.1) is 0 Å². The molecule has 0 aliphatic heterocycles. The summed E-state index contributed by atoms with van der Waals surface area (Å²) in [6.45, 7) is 1.12. The molecule has 0 aliphatic rings.